The summed E-state index contributed by atoms with van der Waals surface area (Å²) in [5.41, 5.74) is 3.03. The molecule has 2 aromatic heterocycles. The lowest BCUT2D eigenvalue weighted by molar-refractivity contribution is -0.133. The molecular weight excluding hydrogens is 366 g/mol. The van der Waals surface area contributed by atoms with Crippen LogP contribution in [0.4, 0.5) is 0 Å². The SMILES string of the molecule is CCc1ccc(-c2cc3c(=O)n(CC(=O)N(C)C4CCCCC4)ncn3n2)cc1. The number of carbonyl (C=O) groups excluding carboxylic acids is 1. The first-order valence-electron chi connectivity index (χ1n) is 10.4. The average Bonchev–Trinajstić information content (AvgIpc) is 3.21. The number of amides is 1. The molecule has 1 saturated carbocycles. The van der Waals surface area contributed by atoms with Gasteiger partial charge >= 0.3 is 0 Å². The molecule has 7 heteroatoms. The molecule has 1 aliphatic carbocycles. The number of rotatable bonds is 5. The summed E-state index contributed by atoms with van der Waals surface area (Å²) in [5, 5.41) is 8.64. The van der Waals surface area contributed by atoms with Crippen LogP contribution in [0.2, 0.25) is 0 Å². The number of likely N-dealkylation sites (N-methyl/N-ethyl adjacent to an activating group) is 1. The molecule has 1 amide bonds. The van der Waals surface area contributed by atoms with Gasteiger partial charge in [-0.25, -0.2) is 9.20 Å². The van der Waals surface area contributed by atoms with Crippen LogP contribution in [-0.2, 0) is 17.8 Å². The summed E-state index contributed by atoms with van der Waals surface area (Å²) < 4.78 is 2.72. The van der Waals surface area contributed by atoms with E-state index in [0.29, 0.717) is 5.52 Å². The van der Waals surface area contributed by atoms with Gasteiger partial charge in [0.15, 0.2) is 0 Å². The van der Waals surface area contributed by atoms with Crippen molar-refractivity contribution in [2.75, 3.05) is 7.05 Å². The zero-order chi connectivity index (χ0) is 20.4. The van der Waals surface area contributed by atoms with Crippen LogP contribution in [0.1, 0.15) is 44.6 Å². The van der Waals surface area contributed by atoms with E-state index in [0.717, 1.165) is 43.4 Å². The van der Waals surface area contributed by atoms with E-state index in [1.54, 1.807) is 11.0 Å². The van der Waals surface area contributed by atoms with Crippen molar-refractivity contribution in [3.8, 4) is 11.3 Å². The molecule has 1 aromatic carbocycles. The highest BCUT2D eigenvalue weighted by Crippen LogP contribution is 2.22. The van der Waals surface area contributed by atoms with E-state index >= 15 is 0 Å². The van der Waals surface area contributed by atoms with Crippen molar-refractivity contribution in [2.24, 2.45) is 0 Å². The van der Waals surface area contributed by atoms with Crippen LogP contribution in [0.15, 0.2) is 41.5 Å². The number of aryl methyl sites for hydroxylation is 1. The number of fused-ring (bicyclic) bond motifs is 1. The normalized spacial score (nSPS) is 15.0. The van der Waals surface area contributed by atoms with E-state index in [9.17, 15) is 9.59 Å². The first kappa shape index (κ1) is 19.4. The van der Waals surface area contributed by atoms with Gasteiger partial charge in [0.05, 0.1) is 5.69 Å². The highest BCUT2D eigenvalue weighted by molar-refractivity contribution is 5.76. The number of nitrogens with zero attached hydrogens (tertiary/aromatic N) is 5. The molecule has 2 heterocycles. The van der Waals surface area contributed by atoms with Gasteiger partial charge in [-0.05, 0) is 30.9 Å². The summed E-state index contributed by atoms with van der Waals surface area (Å²) in [6.07, 6.45) is 8.09. The maximum Gasteiger partial charge on any atom is 0.293 e. The first-order valence-corrected chi connectivity index (χ1v) is 10.4. The number of hydrogen-bond donors (Lipinski definition) is 0. The maximum atomic E-state index is 12.9. The molecular formula is C22H27N5O2. The molecule has 152 valence electrons. The Morgan fingerprint density at radius 2 is 1.90 bits per heavy atom. The second kappa shape index (κ2) is 8.19. The number of benzene rings is 1. The molecule has 0 N–H and O–H groups in total. The Bertz CT molecular complexity index is 1060. The molecule has 3 aromatic rings. The molecule has 4 rings (SSSR count). The van der Waals surface area contributed by atoms with Crippen molar-refractivity contribution >= 4 is 11.4 Å². The second-order valence-electron chi connectivity index (χ2n) is 7.80. The molecule has 0 aliphatic heterocycles. The molecule has 1 fully saturated rings. The first-order chi connectivity index (χ1) is 14.1. The van der Waals surface area contributed by atoms with Gasteiger partial charge in [-0.15, -0.1) is 0 Å². The minimum Gasteiger partial charge on any atom is -0.341 e. The third kappa shape index (κ3) is 3.95. The highest BCUT2D eigenvalue weighted by atomic mass is 16.2. The Hall–Kier alpha value is -2.96. The topological polar surface area (TPSA) is 72.5 Å². The van der Waals surface area contributed by atoms with Crippen LogP contribution in [0, 0.1) is 0 Å². The standard InChI is InChI=1S/C22H27N5O2/c1-3-16-9-11-17(12-10-16)19-13-20-22(29)26(23-15-27(20)24-19)14-21(28)25(2)18-7-5-4-6-8-18/h9-13,15,18H,3-8,14H2,1-2H3. The van der Waals surface area contributed by atoms with Gasteiger partial charge in [-0.3, -0.25) is 9.59 Å². The Kier molecular flexibility index (Phi) is 5.47. The van der Waals surface area contributed by atoms with E-state index in [4.69, 9.17) is 0 Å². The maximum absolute atomic E-state index is 12.9. The van der Waals surface area contributed by atoms with Crippen LogP contribution in [-0.4, -0.2) is 43.3 Å². The minimum atomic E-state index is -0.304. The van der Waals surface area contributed by atoms with Gasteiger partial charge in [0.1, 0.15) is 18.4 Å². The molecule has 0 saturated heterocycles. The summed E-state index contributed by atoms with van der Waals surface area (Å²) >= 11 is 0. The number of carbonyl (C=O) groups is 1. The smallest absolute Gasteiger partial charge is 0.293 e. The molecule has 7 nitrogen and oxygen atoms in total. The van der Waals surface area contributed by atoms with E-state index < -0.39 is 0 Å². The summed E-state index contributed by atoms with van der Waals surface area (Å²) in [5.74, 6) is -0.0780. The van der Waals surface area contributed by atoms with Crippen LogP contribution in [0.3, 0.4) is 0 Å². The van der Waals surface area contributed by atoms with Gasteiger partial charge in [-0.1, -0.05) is 50.5 Å². The molecule has 0 bridgehead atoms. The fourth-order valence-electron chi connectivity index (χ4n) is 4.01. The zero-order valence-electron chi connectivity index (χ0n) is 17.0. The third-order valence-electron chi connectivity index (χ3n) is 5.95. The van der Waals surface area contributed by atoms with E-state index in [2.05, 4.69) is 29.3 Å². The Balaban J connectivity index is 1.57. The molecule has 0 atom stereocenters. The molecule has 0 radical (unpaired) electrons. The Labute approximate surface area is 170 Å². The summed E-state index contributed by atoms with van der Waals surface area (Å²) in [6.45, 7) is 2.06. The Morgan fingerprint density at radius 3 is 2.59 bits per heavy atom. The summed E-state index contributed by atoms with van der Waals surface area (Å²) in [7, 11) is 1.83. The average molecular weight is 393 g/mol. The van der Waals surface area contributed by atoms with E-state index in [1.807, 2.05) is 19.2 Å². The highest BCUT2D eigenvalue weighted by Gasteiger charge is 2.23. The van der Waals surface area contributed by atoms with Gasteiger partial charge in [-0.2, -0.15) is 10.2 Å². The lowest BCUT2D eigenvalue weighted by Crippen LogP contribution is -2.42. The van der Waals surface area contributed by atoms with Crippen molar-refractivity contribution in [2.45, 2.75) is 58.0 Å². The van der Waals surface area contributed by atoms with Crippen molar-refractivity contribution < 1.29 is 4.79 Å². The van der Waals surface area contributed by atoms with Crippen LogP contribution in [0.25, 0.3) is 16.8 Å². The van der Waals surface area contributed by atoms with E-state index in [-0.39, 0.29) is 24.1 Å². The van der Waals surface area contributed by atoms with Crippen molar-refractivity contribution in [1.29, 1.82) is 0 Å². The summed E-state index contributed by atoms with van der Waals surface area (Å²) in [4.78, 5) is 27.4. The van der Waals surface area contributed by atoms with E-state index in [1.165, 1.54) is 27.5 Å². The van der Waals surface area contributed by atoms with Crippen molar-refractivity contribution in [1.82, 2.24) is 24.3 Å². The fraction of sp³-hybridized carbons (Fsp3) is 0.455. The number of hydrogen-bond acceptors (Lipinski definition) is 4. The van der Waals surface area contributed by atoms with Gasteiger partial charge in [0, 0.05) is 18.7 Å². The van der Waals surface area contributed by atoms with Crippen molar-refractivity contribution in [3.63, 3.8) is 0 Å². The van der Waals surface area contributed by atoms with Gasteiger partial charge < -0.3 is 4.90 Å². The molecule has 1 aliphatic rings. The lowest BCUT2D eigenvalue weighted by Gasteiger charge is -2.31. The number of aromatic nitrogens is 4. The largest absolute Gasteiger partial charge is 0.341 e. The fourth-order valence-corrected chi connectivity index (χ4v) is 4.01. The van der Waals surface area contributed by atoms with Crippen molar-refractivity contribution in [3.05, 3.63) is 52.6 Å². The lowest BCUT2D eigenvalue weighted by atomic mass is 9.94. The second-order valence-corrected chi connectivity index (χ2v) is 7.80. The monoisotopic (exact) mass is 393 g/mol. The predicted molar refractivity (Wildman–Crippen MR) is 112 cm³/mol. The zero-order valence-corrected chi connectivity index (χ0v) is 17.0. The van der Waals surface area contributed by atoms with Crippen LogP contribution >= 0.6 is 0 Å². The molecule has 0 spiro atoms. The van der Waals surface area contributed by atoms with Crippen LogP contribution < -0.4 is 5.56 Å². The third-order valence-corrected chi connectivity index (χ3v) is 5.95. The molecule has 29 heavy (non-hydrogen) atoms. The predicted octanol–water partition coefficient (Wildman–Crippen LogP) is 2.91. The van der Waals surface area contributed by atoms with Gasteiger partial charge in [0.2, 0.25) is 5.91 Å². The Morgan fingerprint density at radius 1 is 1.17 bits per heavy atom. The van der Waals surface area contributed by atoms with Crippen LogP contribution in [0.5, 0.6) is 0 Å². The minimum absolute atomic E-state index is 0.0476. The quantitative estimate of drug-likeness (QED) is 0.668. The summed E-state index contributed by atoms with van der Waals surface area (Å²) in [6, 6.07) is 10.2. The van der Waals surface area contributed by atoms with Gasteiger partial charge in [0.25, 0.3) is 5.56 Å². The molecule has 0 unspecified atom stereocenters.